The first-order valence-electron chi connectivity index (χ1n) is 8.17. The van der Waals surface area contributed by atoms with Gasteiger partial charge in [-0.1, -0.05) is 38.1 Å². The zero-order chi connectivity index (χ0) is 15.9. The van der Waals surface area contributed by atoms with Crippen molar-refractivity contribution in [1.29, 1.82) is 0 Å². The predicted molar refractivity (Wildman–Crippen MR) is 87.0 cm³/mol. The number of carbonyl (C=O) groups excluding carboxylic acids is 2. The fourth-order valence-electron chi connectivity index (χ4n) is 2.64. The molecule has 1 N–H and O–H groups in total. The lowest BCUT2D eigenvalue weighted by Crippen LogP contribution is -2.28. The summed E-state index contributed by atoms with van der Waals surface area (Å²) in [7, 11) is 0. The van der Waals surface area contributed by atoms with Crippen LogP contribution in [0.3, 0.4) is 0 Å². The average Bonchev–Trinajstić information content (AvgIpc) is 2.93. The maximum atomic E-state index is 12.2. The van der Waals surface area contributed by atoms with E-state index in [-0.39, 0.29) is 11.8 Å². The summed E-state index contributed by atoms with van der Waals surface area (Å²) in [6.45, 7) is 6.25. The summed E-state index contributed by atoms with van der Waals surface area (Å²) in [5.41, 5.74) is 2.50. The number of hydrogen-bond acceptors (Lipinski definition) is 2. The molecule has 0 aliphatic carbocycles. The van der Waals surface area contributed by atoms with Gasteiger partial charge in [-0.2, -0.15) is 0 Å². The summed E-state index contributed by atoms with van der Waals surface area (Å²) >= 11 is 0. The summed E-state index contributed by atoms with van der Waals surface area (Å²) in [6, 6.07) is 8.19. The van der Waals surface area contributed by atoms with Gasteiger partial charge in [0.2, 0.25) is 11.8 Å². The molecule has 0 saturated heterocycles. The SMILES string of the molecule is CC(C)CCC(=O)NCCCC(=O)N1Cc2ccccc2C1. The number of carbonyl (C=O) groups is 2. The number of amides is 2. The van der Waals surface area contributed by atoms with Crippen LogP contribution in [0.1, 0.15) is 50.7 Å². The number of rotatable bonds is 7. The first kappa shape index (κ1) is 16.5. The van der Waals surface area contributed by atoms with E-state index in [2.05, 4.69) is 31.3 Å². The van der Waals surface area contributed by atoms with E-state index in [0.29, 0.717) is 31.7 Å². The molecule has 4 nitrogen and oxygen atoms in total. The maximum Gasteiger partial charge on any atom is 0.223 e. The Morgan fingerprint density at radius 1 is 1.14 bits per heavy atom. The summed E-state index contributed by atoms with van der Waals surface area (Å²) < 4.78 is 0. The van der Waals surface area contributed by atoms with Crippen LogP contribution >= 0.6 is 0 Å². The molecule has 4 heteroatoms. The topological polar surface area (TPSA) is 49.4 Å². The Morgan fingerprint density at radius 3 is 2.36 bits per heavy atom. The second-order valence-electron chi connectivity index (χ2n) is 6.40. The first-order valence-corrected chi connectivity index (χ1v) is 8.17. The summed E-state index contributed by atoms with van der Waals surface area (Å²) in [6.07, 6.45) is 2.70. The molecule has 1 aliphatic heterocycles. The molecule has 0 fully saturated rings. The highest BCUT2D eigenvalue weighted by Crippen LogP contribution is 2.22. The van der Waals surface area contributed by atoms with E-state index in [1.54, 1.807) is 0 Å². The third-order valence-corrected chi connectivity index (χ3v) is 4.03. The second-order valence-corrected chi connectivity index (χ2v) is 6.40. The van der Waals surface area contributed by atoms with Gasteiger partial charge >= 0.3 is 0 Å². The van der Waals surface area contributed by atoms with Crippen molar-refractivity contribution >= 4 is 11.8 Å². The largest absolute Gasteiger partial charge is 0.356 e. The van der Waals surface area contributed by atoms with Gasteiger partial charge in [0.15, 0.2) is 0 Å². The number of hydrogen-bond donors (Lipinski definition) is 1. The molecule has 0 aromatic heterocycles. The minimum absolute atomic E-state index is 0.0923. The van der Waals surface area contributed by atoms with Crippen LogP contribution in [0, 0.1) is 5.92 Å². The minimum Gasteiger partial charge on any atom is -0.356 e. The van der Waals surface area contributed by atoms with Crippen LogP contribution in [0.25, 0.3) is 0 Å². The van der Waals surface area contributed by atoms with Crippen LogP contribution in [-0.2, 0) is 22.7 Å². The predicted octanol–water partition coefficient (Wildman–Crippen LogP) is 2.86. The number of benzene rings is 1. The third kappa shape index (κ3) is 4.86. The van der Waals surface area contributed by atoms with Crippen molar-refractivity contribution in [1.82, 2.24) is 10.2 Å². The van der Waals surface area contributed by atoms with Crippen LogP contribution in [0.15, 0.2) is 24.3 Å². The van der Waals surface area contributed by atoms with Crippen molar-refractivity contribution in [2.24, 2.45) is 5.92 Å². The molecule has 0 radical (unpaired) electrons. The fourth-order valence-corrected chi connectivity index (χ4v) is 2.64. The molecule has 1 heterocycles. The first-order chi connectivity index (χ1) is 10.6. The van der Waals surface area contributed by atoms with Crippen molar-refractivity contribution in [2.45, 2.75) is 52.6 Å². The zero-order valence-corrected chi connectivity index (χ0v) is 13.6. The zero-order valence-electron chi connectivity index (χ0n) is 13.6. The lowest BCUT2D eigenvalue weighted by atomic mass is 10.1. The molecule has 120 valence electrons. The minimum atomic E-state index is 0.0923. The second kappa shape index (κ2) is 7.97. The Bertz CT molecular complexity index is 501. The fraction of sp³-hybridized carbons (Fsp3) is 0.556. The van der Waals surface area contributed by atoms with Crippen molar-refractivity contribution in [3.63, 3.8) is 0 Å². The summed E-state index contributed by atoms with van der Waals surface area (Å²) in [5, 5.41) is 2.89. The van der Waals surface area contributed by atoms with Crippen molar-refractivity contribution in [2.75, 3.05) is 6.54 Å². The molecule has 0 spiro atoms. The smallest absolute Gasteiger partial charge is 0.223 e. The van der Waals surface area contributed by atoms with E-state index in [1.165, 1.54) is 11.1 Å². The number of nitrogens with zero attached hydrogens (tertiary/aromatic N) is 1. The van der Waals surface area contributed by atoms with Crippen molar-refractivity contribution < 1.29 is 9.59 Å². The molecule has 0 saturated carbocycles. The highest BCUT2D eigenvalue weighted by Gasteiger charge is 2.22. The van der Waals surface area contributed by atoms with Gasteiger partial charge in [0, 0.05) is 32.5 Å². The van der Waals surface area contributed by atoms with E-state index in [9.17, 15) is 9.59 Å². The van der Waals surface area contributed by atoms with Crippen LogP contribution in [0.2, 0.25) is 0 Å². The Kier molecular flexibility index (Phi) is 5.99. The lowest BCUT2D eigenvalue weighted by molar-refractivity contribution is -0.132. The van der Waals surface area contributed by atoms with E-state index in [0.717, 1.165) is 19.5 Å². The molecule has 22 heavy (non-hydrogen) atoms. The van der Waals surface area contributed by atoms with Gasteiger partial charge in [0.1, 0.15) is 0 Å². The molecular formula is C18H26N2O2. The Morgan fingerprint density at radius 2 is 1.77 bits per heavy atom. The van der Waals surface area contributed by atoms with Gasteiger partial charge in [0.25, 0.3) is 0 Å². The average molecular weight is 302 g/mol. The van der Waals surface area contributed by atoms with Gasteiger partial charge in [-0.25, -0.2) is 0 Å². The molecule has 0 unspecified atom stereocenters. The molecule has 1 aromatic carbocycles. The lowest BCUT2D eigenvalue weighted by Gasteiger charge is -2.15. The Balaban J connectivity index is 1.62. The summed E-state index contributed by atoms with van der Waals surface area (Å²) in [5.74, 6) is 0.812. The highest BCUT2D eigenvalue weighted by molar-refractivity contribution is 5.77. The van der Waals surface area contributed by atoms with Crippen LogP contribution in [0.5, 0.6) is 0 Å². The molecule has 2 rings (SSSR count). The van der Waals surface area contributed by atoms with Crippen LogP contribution < -0.4 is 5.32 Å². The normalized spacial score (nSPS) is 13.3. The molecule has 2 amide bonds. The number of fused-ring (bicyclic) bond motifs is 1. The molecule has 1 aromatic rings. The molecular weight excluding hydrogens is 276 g/mol. The van der Waals surface area contributed by atoms with Crippen LogP contribution in [-0.4, -0.2) is 23.3 Å². The van der Waals surface area contributed by atoms with Crippen molar-refractivity contribution in [3.05, 3.63) is 35.4 Å². The van der Waals surface area contributed by atoms with Gasteiger partial charge in [0.05, 0.1) is 0 Å². The Hall–Kier alpha value is -1.84. The third-order valence-electron chi connectivity index (χ3n) is 4.03. The molecule has 1 aliphatic rings. The quantitative estimate of drug-likeness (QED) is 0.787. The Labute approximate surface area is 132 Å². The van der Waals surface area contributed by atoms with Gasteiger partial charge in [-0.15, -0.1) is 0 Å². The van der Waals surface area contributed by atoms with E-state index >= 15 is 0 Å². The van der Waals surface area contributed by atoms with Gasteiger partial charge in [-0.05, 0) is 29.9 Å². The van der Waals surface area contributed by atoms with E-state index < -0.39 is 0 Å². The number of nitrogens with one attached hydrogen (secondary N) is 1. The maximum absolute atomic E-state index is 12.2. The summed E-state index contributed by atoms with van der Waals surface area (Å²) in [4.78, 5) is 25.7. The van der Waals surface area contributed by atoms with E-state index in [4.69, 9.17) is 0 Å². The van der Waals surface area contributed by atoms with Crippen LogP contribution in [0.4, 0.5) is 0 Å². The monoisotopic (exact) mass is 302 g/mol. The van der Waals surface area contributed by atoms with E-state index in [1.807, 2.05) is 17.0 Å². The van der Waals surface area contributed by atoms with Gasteiger partial charge < -0.3 is 10.2 Å². The molecule has 0 bridgehead atoms. The highest BCUT2D eigenvalue weighted by atomic mass is 16.2. The standard InChI is InChI=1S/C18H26N2O2/c1-14(2)9-10-17(21)19-11-5-8-18(22)20-12-15-6-3-4-7-16(15)13-20/h3-4,6-7,14H,5,8-13H2,1-2H3,(H,19,21). The molecule has 0 atom stereocenters. The van der Waals surface area contributed by atoms with Crippen molar-refractivity contribution in [3.8, 4) is 0 Å². The van der Waals surface area contributed by atoms with Gasteiger partial charge in [-0.3, -0.25) is 9.59 Å².